The molecule has 1 N–H and O–H groups in total. The summed E-state index contributed by atoms with van der Waals surface area (Å²) in [5, 5.41) is 2.91. The van der Waals surface area contributed by atoms with Crippen LogP contribution in [0.1, 0.15) is 57.6 Å². The molecular formula is C19H31ClN2O. The molecule has 1 amide bonds. The molecule has 1 unspecified atom stereocenters. The molecule has 0 bridgehead atoms. The van der Waals surface area contributed by atoms with Crippen LogP contribution in [0.5, 0.6) is 0 Å². The number of amides is 1. The molecule has 0 saturated heterocycles. The summed E-state index contributed by atoms with van der Waals surface area (Å²) in [5.74, 6) is 0.00265. The Morgan fingerprint density at radius 2 is 2.00 bits per heavy atom. The van der Waals surface area contributed by atoms with E-state index in [1.165, 1.54) is 49.9 Å². The summed E-state index contributed by atoms with van der Waals surface area (Å²) in [6.45, 7) is 8.52. The van der Waals surface area contributed by atoms with Gasteiger partial charge in [-0.15, -0.1) is 12.4 Å². The molecule has 0 aliphatic heterocycles. The Morgan fingerprint density at radius 1 is 1.22 bits per heavy atom. The minimum Gasteiger partial charge on any atom is -0.326 e. The average molecular weight is 339 g/mol. The number of hydrogen-bond donors (Lipinski definition) is 1. The van der Waals surface area contributed by atoms with E-state index in [9.17, 15) is 4.79 Å². The van der Waals surface area contributed by atoms with Gasteiger partial charge in [0.05, 0.1) is 0 Å². The number of rotatable bonds is 7. The van der Waals surface area contributed by atoms with Crippen molar-refractivity contribution in [3.8, 4) is 0 Å². The number of hydrogen-bond acceptors (Lipinski definition) is 2. The van der Waals surface area contributed by atoms with Gasteiger partial charge >= 0.3 is 0 Å². The molecule has 1 aliphatic rings. The molecule has 1 atom stereocenters. The highest BCUT2D eigenvalue weighted by Gasteiger charge is 2.23. The number of carbonyl (C=O) groups excluding carboxylic acids is 1. The normalized spacial score (nSPS) is 16.6. The Balaban J connectivity index is 0.00000264. The van der Waals surface area contributed by atoms with E-state index in [-0.39, 0.29) is 18.3 Å². The number of anilines is 1. The highest BCUT2D eigenvalue weighted by atomic mass is 35.5. The lowest BCUT2D eigenvalue weighted by Crippen LogP contribution is -2.40. The third kappa shape index (κ3) is 5.82. The van der Waals surface area contributed by atoms with Crippen LogP contribution in [-0.2, 0) is 17.6 Å². The minimum atomic E-state index is 0. The maximum atomic E-state index is 11.2. The van der Waals surface area contributed by atoms with Crippen molar-refractivity contribution in [1.29, 1.82) is 0 Å². The molecule has 0 fully saturated rings. The lowest BCUT2D eigenvalue weighted by Gasteiger charge is -2.35. The van der Waals surface area contributed by atoms with Crippen molar-refractivity contribution in [2.45, 2.75) is 65.3 Å². The molecule has 0 heterocycles. The van der Waals surface area contributed by atoms with Crippen LogP contribution in [0.25, 0.3) is 0 Å². The molecule has 1 aromatic carbocycles. The second-order valence-electron chi connectivity index (χ2n) is 6.45. The molecule has 23 heavy (non-hydrogen) atoms. The van der Waals surface area contributed by atoms with E-state index in [0.717, 1.165) is 18.5 Å². The topological polar surface area (TPSA) is 32.3 Å². The van der Waals surface area contributed by atoms with Crippen LogP contribution in [0.15, 0.2) is 18.2 Å². The van der Waals surface area contributed by atoms with Crippen LogP contribution in [0.2, 0.25) is 0 Å². The number of carbonyl (C=O) groups is 1. The van der Waals surface area contributed by atoms with Gasteiger partial charge in [-0.1, -0.05) is 26.3 Å². The van der Waals surface area contributed by atoms with Crippen molar-refractivity contribution in [3.05, 3.63) is 29.3 Å². The Morgan fingerprint density at radius 3 is 2.65 bits per heavy atom. The molecule has 0 aromatic heterocycles. The smallest absolute Gasteiger partial charge is 0.221 e. The first kappa shape index (κ1) is 20.0. The van der Waals surface area contributed by atoms with Crippen LogP contribution in [0.4, 0.5) is 5.69 Å². The predicted molar refractivity (Wildman–Crippen MR) is 101 cm³/mol. The number of fused-ring (bicyclic) bond motifs is 1. The molecule has 1 aliphatic carbocycles. The van der Waals surface area contributed by atoms with E-state index in [0.29, 0.717) is 6.04 Å². The Labute approximate surface area is 147 Å². The molecule has 1 aromatic rings. The second-order valence-corrected chi connectivity index (χ2v) is 6.45. The van der Waals surface area contributed by atoms with Gasteiger partial charge in [0.2, 0.25) is 5.91 Å². The van der Waals surface area contributed by atoms with Crippen LogP contribution < -0.4 is 5.32 Å². The third-order valence-corrected chi connectivity index (χ3v) is 4.56. The van der Waals surface area contributed by atoms with E-state index in [1.807, 2.05) is 6.07 Å². The van der Waals surface area contributed by atoms with E-state index in [1.54, 1.807) is 6.92 Å². The zero-order valence-corrected chi connectivity index (χ0v) is 15.5. The summed E-state index contributed by atoms with van der Waals surface area (Å²) < 4.78 is 0. The van der Waals surface area contributed by atoms with Crippen molar-refractivity contribution in [3.63, 3.8) is 0 Å². The molecule has 0 saturated carbocycles. The first-order valence-electron chi connectivity index (χ1n) is 8.77. The lowest BCUT2D eigenvalue weighted by molar-refractivity contribution is -0.114. The van der Waals surface area contributed by atoms with Gasteiger partial charge in [-0.05, 0) is 68.5 Å². The number of nitrogens with one attached hydrogen (secondary N) is 1. The quantitative estimate of drug-likeness (QED) is 0.797. The van der Waals surface area contributed by atoms with E-state index < -0.39 is 0 Å². The Bertz CT molecular complexity index is 504. The molecular weight excluding hydrogens is 308 g/mol. The van der Waals surface area contributed by atoms with Crippen LogP contribution in [-0.4, -0.2) is 29.9 Å². The maximum absolute atomic E-state index is 11.2. The SMILES string of the molecule is CCCCN(CCC)C1CCc2ccc(NC(C)=O)cc2C1.Cl. The molecule has 0 spiro atoms. The number of nitrogens with zero attached hydrogens (tertiary/aromatic N) is 1. The van der Waals surface area contributed by atoms with Crippen LogP contribution in [0.3, 0.4) is 0 Å². The Hall–Kier alpha value is -1.06. The van der Waals surface area contributed by atoms with Gasteiger partial charge in [-0.2, -0.15) is 0 Å². The highest BCUT2D eigenvalue weighted by molar-refractivity contribution is 5.88. The maximum Gasteiger partial charge on any atom is 0.221 e. The number of unbranched alkanes of at least 4 members (excludes halogenated alkanes) is 1. The van der Waals surface area contributed by atoms with Crippen molar-refractivity contribution >= 4 is 24.0 Å². The monoisotopic (exact) mass is 338 g/mol. The minimum absolute atomic E-state index is 0. The highest BCUT2D eigenvalue weighted by Crippen LogP contribution is 2.27. The molecule has 130 valence electrons. The fraction of sp³-hybridized carbons (Fsp3) is 0.632. The van der Waals surface area contributed by atoms with E-state index in [4.69, 9.17) is 0 Å². The molecule has 0 radical (unpaired) electrons. The number of aryl methyl sites for hydroxylation is 1. The lowest BCUT2D eigenvalue weighted by atomic mass is 9.87. The van der Waals surface area contributed by atoms with Crippen molar-refractivity contribution < 1.29 is 4.79 Å². The summed E-state index contributed by atoms with van der Waals surface area (Å²) in [4.78, 5) is 13.9. The summed E-state index contributed by atoms with van der Waals surface area (Å²) in [7, 11) is 0. The zero-order valence-electron chi connectivity index (χ0n) is 14.7. The van der Waals surface area contributed by atoms with Gasteiger partial charge in [0.25, 0.3) is 0 Å². The van der Waals surface area contributed by atoms with Crippen LogP contribution in [0, 0.1) is 0 Å². The van der Waals surface area contributed by atoms with E-state index in [2.05, 4.69) is 36.2 Å². The molecule has 4 heteroatoms. The third-order valence-electron chi connectivity index (χ3n) is 4.56. The fourth-order valence-electron chi connectivity index (χ4n) is 3.46. The predicted octanol–water partition coefficient (Wildman–Crippen LogP) is 4.44. The molecule has 3 nitrogen and oxygen atoms in total. The van der Waals surface area contributed by atoms with Crippen molar-refractivity contribution in [2.24, 2.45) is 0 Å². The standard InChI is InChI=1S/C19H30N2O.ClH/c1-4-6-12-21(11-5-2)19-10-8-16-7-9-18(20-15(3)22)13-17(16)14-19;/h7,9,13,19H,4-6,8,10-12,14H2,1-3H3,(H,20,22);1H. The van der Waals surface area contributed by atoms with Crippen LogP contribution >= 0.6 is 12.4 Å². The van der Waals surface area contributed by atoms with Crippen molar-refractivity contribution in [2.75, 3.05) is 18.4 Å². The van der Waals surface area contributed by atoms with Gasteiger partial charge in [0, 0.05) is 18.7 Å². The average Bonchev–Trinajstić information content (AvgIpc) is 2.50. The van der Waals surface area contributed by atoms with Gasteiger partial charge in [0.15, 0.2) is 0 Å². The van der Waals surface area contributed by atoms with E-state index >= 15 is 0 Å². The second kappa shape index (κ2) is 9.94. The summed E-state index contributed by atoms with van der Waals surface area (Å²) in [6.07, 6.45) is 7.31. The van der Waals surface area contributed by atoms with Gasteiger partial charge in [-0.3, -0.25) is 4.79 Å². The van der Waals surface area contributed by atoms with Crippen molar-refractivity contribution in [1.82, 2.24) is 4.90 Å². The summed E-state index contributed by atoms with van der Waals surface area (Å²) >= 11 is 0. The van der Waals surface area contributed by atoms with Gasteiger partial charge in [0.1, 0.15) is 0 Å². The summed E-state index contributed by atoms with van der Waals surface area (Å²) in [5.41, 5.74) is 3.81. The first-order chi connectivity index (χ1) is 10.6. The zero-order chi connectivity index (χ0) is 15.9. The number of benzene rings is 1. The van der Waals surface area contributed by atoms with Gasteiger partial charge < -0.3 is 10.2 Å². The molecule has 2 rings (SSSR count). The largest absolute Gasteiger partial charge is 0.326 e. The fourth-order valence-corrected chi connectivity index (χ4v) is 3.46. The van der Waals surface area contributed by atoms with Gasteiger partial charge in [-0.25, -0.2) is 0 Å². The first-order valence-corrected chi connectivity index (χ1v) is 8.77. The Kier molecular flexibility index (Phi) is 8.64. The summed E-state index contributed by atoms with van der Waals surface area (Å²) in [6, 6.07) is 7.05. The number of halogens is 1.